The van der Waals surface area contributed by atoms with Crippen molar-refractivity contribution in [1.29, 1.82) is 0 Å². The van der Waals surface area contributed by atoms with Crippen LogP contribution in [0.1, 0.15) is 38.8 Å². The lowest BCUT2D eigenvalue weighted by Gasteiger charge is -2.43. The highest BCUT2D eigenvalue weighted by molar-refractivity contribution is 6.99. The highest BCUT2D eigenvalue weighted by Crippen LogP contribution is 2.37. The summed E-state index contributed by atoms with van der Waals surface area (Å²) in [6.45, 7) is 6.56. The van der Waals surface area contributed by atoms with Crippen LogP contribution in [0.3, 0.4) is 0 Å². The summed E-state index contributed by atoms with van der Waals surface area (Å²) in [5.41, 5.74) is 0.386. The molecule has 0 aliphatic rings. The van der Waals surface area contributed by atoms with Crippen LogP contribution in [0.5, 0.6) is 0 Å². The van der Waals surface area contributed by atoms with Crippen LogP contribution in [0.4, 0.5) is 22.0 Å². The lowest BCUT2D eigenvalue weighted by Crippen LogP contribution is -2.67. The number of aromatic nitrogens is 1. The Kier molecular flexibility index (Phi) is 8.59. The third kappa shape index (κ3) is 6.48. The summed E-state index contributed by atoms with van der Waals surface area (Å²) in [7, 11) is -3.11. The van der Waals surface area contributed by atoms with Gasteiger partial charge < -0.3 is 14.7 Å². The molecular weight excluding hydrogens is 539 g/mol. The van der Waals surface area contributed by atoms with Crippen molar-refractivity contribution in [2.45, 2.75) is 57.3 Å². The SMILES string of the molecule is CC(Cc1c[nH]c2cc(C(F)(F)F)ccc12)NCC(F)(F)CO[Si](c1ccccc1)(c1ccccc1)C(C)(C)C. The first-order valence-electron chi connectivity index (χ1n) is 13.3. The summed E-state index contributed by atoms with van der Waals surface area (Å²) in [5.74, 6) is -3.15. The zero-order valence-corrected chi connectivity index (χ0v) is 24.1. The molecule has 4 rings (SSSR count). The van der Waals surface area contributed by atoms with Crippen molar-refractivity contribution in [2.24, 2.45) is 0 Å². The first-order chi connectivity index (χ1) is 18.7. The van der Waals surface area contributed by atoms with Crippen molar-refractivity contribution in [3.8, 4) is 0 Å². The van der Waals surface area contributed by atoms with Gasteiger partial charge in [0.2, 0.25) is 0 Å². The highest BCUT2D eigenvalue weighted by Gasteiger charge is 2.51. The zero-order valence-electron chi connectivity index (χ0n) is 23.1. The Hall–Kier alpha value is -3.01. The average molecular weight is 575 g/mol. The molecule has 40 heavy (non-hydrogen) atoms. The van der Waals surface area contributed by atoms with E-state index < -0.39 is 44.2 Å². The van der Waals surface area contributed by atoms with E-state index in [9.17, 15) is 13.2 Å². The number of nitrogens with one attached hydrogen (secondary N) is 2. The standard InChI is InChI=1S/C31H35F5N2OSi/c1-22(17-23-19-37-28-18-24(31(34,35)36)15-16-27(23)28)38-20-30(32,33)21-39-40(29(2,3)4,25-11-7-5-8-12-25)26-13-9-6-10-14-26/h5-16,18-19,22,37-38H,17,20-21H2,1-4H3. The fourth-order valence-corrected chi connectivity index (χ4v) is 9.87. The van der Waals surface area contributed by atoms with Gasteiger partial charge >= 0.3 is 6.18 Å². The van der Waals surface area contributed by atoms with Gasteiger partial charge in [-0.25, -0.2) is 8.78 Å². The lowest BCUT2D eigenvalue weighted by atomic mass is 10.0. The minimum atomic E-state index is -4.43. The normalized spacial score (nSPS) is 14.0. The number of hydrogen-bond donors (Lipinski definition) is 2. The van der Waals surface area contributed by atoms with Crippen LogP contribution in [0.25, 0.3) is 10.9 Å². The average Bonchev–Trinajstić information content (AvgIpc) is 3.30. The summed E-state index contributed by atoms with van der Waals surface area (Å²) < 4.78 is 76.2. The van der Waals surface area contributed by atoms with Gasteiger partial charge in [-0.1, -0.05) is 87.5 Å². The van der Waals surface area contributed by atoms with Gasteiger partial charge in [0, 0.05) is 23.1 Å². The number of alkyl halides is 5. The van der Waals surface area contributed by atoms with Crippen LogP contribution < -0.4 is 15.7 Å². The van der Waals surface area contributed by atoms with Gasteiger partial charge in [-0.15, -0.1) is 0 Å². The molecule has 0 aliphatic heterocycles. The summed E-state index contributed by atoms with van der Waals surface area (Å²) in [5, 5.41) is 4.99. The number of benzene rings is 3. The van der Waals surface area contributed by atoms with E-state index in [0.717, 1.165) is 28.1 Å². The van der Waals surface area contributed by atoms with Crippen molar-refractivity contribution in [1.82, 2.24) is 10.3 Å². The van der Waals surface area contributed by atoms with Gasteiger partial charge in [0.25, 0.3) is 14.2 Å². The van der Waals surface area contributed by atoms with Gasteiger partial charge in [0.1, 0.15) is 0 Å². The van der Waals surface area contributed by atoms with Crippen LogP contribution in [-0.4, -0.2) is 38.4 Å². The van der Waals surface area contributed by atoms with Crippen LogP contribution >= 0.6 is 0 Å². The summed E-state index contributed by atoms with van der Waals surface area (Å²) >= 11 is 0. The van der Waals surface area contributed by atoms with Gasteiger partial charge in [0.05, 0.1) is 18.7 Å². The van der Waals surface area contributed by atoms with Gasteiger partial charge in [-0.2, -0.15) is 13.2 Å². The van der Waals surface area contributed by atoms with Crippen molar-refractivity contribution in [3.05, 3.63) is 96.2 Å². The maximum absolute atomic E-state index is 15.3. The molecule has 214 valence electrons. The molecule has 1 unspecified atom stereocenters. The Morgan fingerprint density at radius 3 is 1.95 bits per heavy atom. The molecule has 0 saturated heterocycles. The van der Waals surface area contributed by atoms with Crippen molar-refractivity contribution < 1.29 is 26.4 Å². The van der Waals surface area contributed by atoms with Crippen molar-refractivity contribution in [2.75, 3.05) is 13.2 Å². The fraction of sp³-hybridized carbons (Fsp3) is 0.355. The lowest BCUT2D eigenvalue weighted by molar-refractivity contribution is -0.137. The maximum atomic E-state index is 15.3. The molecule has 1 atom stereocenters. The molecule has 0 fully saturated rings. The molecule has 4 aromatic rings. The highest BCUT2D eigenvalue weighted by atomic mass is 28.4. The Morgan fingerprint density at radius 2 is 1.43 bits per heavy atom. The van der Waals surface area contributed by atoms with E-state index in [2.05, 4.69) is 10.3 Å². The number of aromatic amines is 1. The summed E-state index contributed by atoms with van der Waals surface area (Å²) in [4.78, 5) is 2.87. The molecule has 2 N–H and O–H groups in total. The van der Waals surface area contributed by atoms with E-state index in [1.165, 1.54) is 6.07 Å². The number of fused-ring (bicyclic) bond motifs is 1. The van der Waals surface area contributed by atoms with Crippen LogP contribution in [0.2, 0.25) is 5.04 Å². The van der Waals surface area contributed by atoms with Crippen molar-refractivity contribution >= 4 is 29.6 Å². The molecule has 3 nitrogen and oxygen atoms in total. The molecule has 3 aromatic carbocycles. The Morgan fingerprint density at radius 1 is 0.850 bits per heavy atom. The second kappa shape index (κ2) is 11.5. The molecule has 0 bridgehead atoms. The van der Waals surface area contributed by atoms with Gasteiger partial charge in [-0.05, 0) is 46.5 Å². The molecule has 1 aromatic heterocycles. The Balaban J connectivity index is 1.47. The molecule has 9 heteroatoms. The second-order valence-corrected chi connectivity index (χ2v) is 15.7. The van der Waals surface area contributed by atoms with E-state index >= 15 is 8.78 Å². The number of rotatable bonds is 10. The van der Waals surface area contributed by atoms with Crippen molar-refractivity contribution in [3.63, 3.8) is 0 Å². The number of H-pyrrole nitrogens is 1. The van der Waals surface area contributed by atoms with Gasteiger partial charge in [-0.3, -0.25) is 0 Å². The summed E-state index contributed by atoms with van der Waals surface area (Å²) in [6.07, 6.45) is -2.43. The Labute approximate surface area is 232 Å². The van der Waals surface area contributed by atoms with Gasteiger partial charge in [0.15, 0.2) is 0 Å². The number of halogens is 5. The van der Waals surface area contributed by atoms with E-state index in [1.807, 2.05) is 81.4 Å². The van der Waals surface area contributed by atoms with Crippen LogP contribution in [-0.2, 0) is 17.0 Å². The van der Waals surface area contributed by atoms with E-state index in [1.54, 1.807) is 13.1 Å². The minimum Gasteiger partial charge on any atom is -0.401 e. The smallest absolute Gasteiger partial charge is 0.401 e. The van der Waals surface area contributed by atoms with Crippen LogP contribution in [0.15, 0.2) is 85.1 Å². The minimum absolute atomic E-state index is 0.347. The largest absolute Gasteiger partial charge is 0.416 e. The maximum Gasteiger partial charge on any atom is 0.416 e. The molecule has 0 radical (unpaired) electrons. The summed E-state index contributed by atoms with van der Waals surface area (Å²) in [6, 6.07) is 22.4. The van der Waals surface area contributed by atoms with E-state index in [4.69, 9.17) is 4.43 Å². The zero-order chi connectivity index (χ0) is 29.2. The first-order valence-corrected chi connectivity index (χ1v) is 15.2. The fourth-order valence-electron chi connectivity index (χ4n) is 5.28. The molecule has 1 heterocycles. The topological polar surface area (TPSA) is 37.0 Å². The van der Waals surface area contributed by atoms with E-state index in [-0.39, 0.29) is 6.04 Å². The molecule has 0 aliphatic carbocycles. The monoisotopic (exact) mass is 574 g/mol. The van der Waals surface area contributed by atoms with Crippen LogP contribution in [0, 0.1) is 0 Å². The predicted molar refractivity (Wildman–Crippen MR) is 153 cm³/mol. The van der Waals surface area contributed by atoms with E-state index in [0.29, 0.717) is 17.3 Å². The third-order valence-electron chi connectivity index (χ3n) is 7.25. The first kappa shape index (κ1) is 30.0. The molecule has 0 spiro atoms. The predicted octanol–water partition coefficient (Wildman–Crippen LogP) is 6.92. The second-order valence-electron chi connectivity index (χ2n) is 11.4. The number of hydrogen-bond acceptors (Lipinski definition) is 2. The molecule has 0 saturated carbocycles. The molecular formula is C31H35F5N2OSi. The molecule has 0 amide bonds. The quantitative estimate of drug-likeness (QED) is 0.159. The Bertz CT molecular complexity index is 1360. The third-order valence-corrected chi connectivity index (χ3v) is 12.2.